The minimum absolute atomic E-state index is 0.380. The van der Waals surface area contributed by atoms with Crippen LogP contribution >= 0.6 is 22.9 Å². The van der Waals surface area contributed by atoms with Gasteiger partial charge in [-0.05, 0) is 43.2 Å². The van der Waals surface area contributed by atoms with E-state index in [1.165, 1.54) is 37.0 Å². The van der Waals surface area contributed by atoms with Crippen LogP contribution in [0.2, 0.25) is 0 Å². The van der Waals surface area contributed by atoms with Gasteiger partial charge in [0, 0.05) is 18.0 Å². The van der Waals surface area contributed by atoms with Gasteiger partial charge in [-0.1, -0.05) is 6.42 Å². The van der Waals surface area contributed by atoms with Crippen LogP contribution in [0.5, 0.6) is 0 Å². The summed E-state index contributed by atoms with van der Waals surface area (Å²) in [6.45, 7) is 1.40. The lowest BCUT2D eigenvalue weighted by Gasteiger charge is -2.40. The zero-order valence-corrected chi connectivity index (χ0v) is 13.1. The molecule has 19 heavy (non-hydrogen) atoms. The Balaban J connectivity index is 1.83. The predicted molar refractivity (Wildman–Crippen MR) is 78.1 cm³/mol. The summed E-state index contributed by atoms with van der Waals surface area (Å²) in [5, 5.41) is 0. The summed E-state index contributed by atoms with van der Waals surface area (Å²) >= 11 is 7.06. The number of thiophene rings is 1. The number of fused-ring (bicyclic) bond motifs is 2. The summed E-state index contributed by atoms with van der Waals surface area (Å²) < 4.78 is 27.4. The minimum atomic E-state index is -3.30. The third-order valence-corrected chi connectivity index (χ3v) is 8.01. The molecule has 1 saturated carbocycles. The number of hydrogen-bond acceptors (Lipinski definition) is 3. The number of hydrogen-bond donors (Lipinski definition) is 0. The van der Waals surface area contributed by atoms with Crippen molar-refractivity contribution in [3.63, 3.8) is 0 Å². The molecule has 0 aromatic carbocycles. The van der Waals surface area contributed by atoms with Gasteiger partial charge >= 0.3 is 0 Å². The predicted octanol–water partition coefficient (Wildman–Crippen LogP) is 3.30. The fourth-order valence-electron chi connectivity index (χ4n) is 3.28. The van der Waals surface area contributed by atoms with Crippen LogP contribution in [0.4, 0.5) is 0 Å². The van der Waals surface area contributed by atoms with Gasteiger partial charge < -0.3 is 0 Å². The van der Waals surface area contributed by atoms with Gasteiger partial charge in [-0.3, -0.25) is 0 Å². The van der Waals surface area contributed by atoms with E-state index >= 15 is 0 Å². The third kappa shape index (κ3) is 2.71. The average Bonchev–Trinajstić information content (AvgIpc) is 2.87. The standard InChI is InChI=1S/C13H18ClNO2S2/c14-7-12-4-5-13(18-12)19(16,17)15-8-10-2-1-3-11(6-10)9-15/h4-5,10-11H,1-3,6-9H2. The smallest absolute Gasteiger partial charge is 0.206 e. The normalized spacial score (nSPS) is 28.5. The van der Waals surface area contributed by atoms with E-state index in [0.29, 0.717) is 35.0 Å². The Morgan fingerprint density at radius 1 is 1.26 bits per heavy atom. The number of halogens is 1. The Hall–Kier alpha value is -0.100. The molecule has 2 heterocycles. The summed E-state index contributed by atoms with van der Waals surface area (Å²) in [5.41, 5.74) is 0. The lowest BCUT2D eigenvalue weighted by atomic mass is 9.79. The van der Waals surface area contributed by atoms with Crippen LogP contribution in [0, 0.1) is 11.8 Å². The molecule has 2 bridgehead atoms. The molecule has 1 saturated heterocycles. The first-order chi connectivity index (χ1) is 9.09. The number of sulfonamides is 1. The van der Waals surface area contributed by atoms with E-state index < -0.39 is 10.0 Å². The van der Waals surface area contributed by atoms with Crippen molar-refractivity contribution in [3.8, 4) is 0 Å². The second kappa shape index (κ2) is 5.35. The second-order valence-corrected chi connectivity index (χ2v) is 9.18. The Kier molecular flexibility index (Phi) is 3.91. The van der Waals surface area contributed by atoms with Crippen LogP contribution in [-0.2, 0) is 15.9 Å². The van der Waals surface area contributed by atoms with Crippen molar-refractivity contribution < 1.29 is 8.42 Å². The molecule has 0 spiro atoms. The molecule has 2 unspecified atom stereocenters. The first-order valence-electron chi connectivity index (χ1n) is 6.74. The lowest BCUT2D eigenvalue weighted by Crippen LogP contribution is -2.45. The van der Waals surface area contributed by atoms with Gasteiger partial charge in [-0.25, -0.2) is 8.42 Å². The van der Waals surface area contributed by atoms with Crippen molar-refractivity contribution in [1.82, 2.24) is 4.31 Å². The average molecular weight is 320 g/mol. The fraction of sp³-hybridized carbons (Fsp3) is 0.692. The van der Waals surface area contributed by atoms with Crippen molar-refractivity contribution in [2.45, 2.75) is 35.8 Å². The highest BCUT2D eigenvalue weighted by Crippen LogP contribution is 2.37. The monoisotopic (exact) mass is 319 g/mol. The second-order valence-electron chi connectivity index (χ2n) is 5.58. The molecule has 106 valence electrons. The van der Waals surface area contributed by atoms with Crippen LogP contribution < -0.4 is 0 Å². The van der Waals surface area contributed by atoms with Gasteiger partial charge in [-0.2, -0.15) is 4.31 Å². The highest BCUT2D eigenvalue weighted by Gasteiger charge is 2.37. The van der Waals surface area contributed by atoms with Gasteiger partial charge in [0.15, 0.2) is 0 Å². The Labute approximate surface area is 123 Å². The third-order valence-electron chi connectivity index (χ3n) is 4.18. The first kappa shape index (κ1) is 13.9. The topological polar surface area (TPSA) is 37.4 Å². The van der Waals surface area contributed by atoms with Crippen LogP contribution in [-0.4, -0.2) is 25.8 Å². The molecule has 1 aliphatic carbocycles. The Morgan fingerprint density at radius 2 is 1.95 bits per heavy atom. The van der Waals surface area contributed by atoms with Gasteiger partial charge in [0.05, 0.1) is 5.88 Å². The van der Waals surface area contributed by atoms with E-state index in [-0.39, 0.29) is 0 Å². The summed E-state index contributed by atoms with van der Waals surface area (Å²) in [7, 11) is -3.30. The molecule has 1 aromatic rings. The van der Waals surface area contributed by atoms with Crippen molar-refractivity contribution in [2.24, 2.45) is 11.8 Å². The molecule has 1 aromatic heterocycles. The molecule has 0 amide bonds. The highest BCUT2D eigenvalue weighted by molar-refractivity contribution is 7.91. The number of nitrogens with zero attached hydrogens (tertiary/aromatic N) is 1. The van der Waals surface area contributed by atoms with E-state index in [1.807, 2.05) is 6.07 Å². The van der Waals surface area contributed by atoms with Crippen LogP contribution in [0.1, 0.15) is 30.6 Å². The maximum atomic E-state index is 12.6. The van der Waals surface area contributed by atoms with Crippen molar-refractivity contribution in [2.75, 3.05) is 13.1 Å². The zero-order chi connectivity index (χ0) is 13.5. The van der Waals surface area contributed by atoms with Gasteiger partial charge in [-0.15, -0.1) is 22.9 Å². The number of piperidine rings is 1. The largest absolute Gasteiger partial charge is 0.252 e. The lowest BCUT2D eigenvalue weighted by molar-refractivity contribution is 0.144. The Bertz CT molecular complexity index is 543. The van der Waals surface area contributed by atoms with Crippen molar-refractivity contribution in [1.29, 1.82) is 0 Å². The number of rotatable bonds is 3. The van der Waals surface area contributed by atoms with E-state index in [2.05, 4.69) is 0 Å². The molecular weight excluding hydrogens is 302 g/mol. The SMILES string of the molecule is O=S(=O)(c1ccc(CCl)s1)N1CC2CCCC(C2)C1. The molecule has 1 aliphatic heterocycles. The van der Waals surface area contributed by atoms with Crippen LogP contribution in [0.25, 0.3) is 0 Å². The quantitative estimate of drug-likeness (QED) is 0.802. The van der Waals surface area contributed by atoms with E-state index in [9.17, 15) is 8.42 Å². The van der Waals surface area contributed by atoms with E-state index in [4.69, 9.17) is 11.6 Å². The Morgan fingerprint density at radius 3 is 2.53 bits per heavy atom. The van der Waals surface area contributed by atoms with Crippen molar-refractivity contribution in [3.05, 3.63) is 17.0 Å². The summed E-state index contributed by atoms with van der Waals surface area (Å²) in [6.07, 6.45) is 4.84. The zero-order valence-electron chi connectivity index (χ0n) is 10.7. The molecule has 3 rings (SSSR count). The molecule has 3 nitrogen and oxygen atoms in total. The highest BCUT2D eigenvalue weighted by atomic mass is 35.5. The van der Waals surface area contributed by atoms with Gasteiger partial charge in [0.25, 0.3) is 10.0 Å². The molecule has 0 radical (unpaired) electrons. The number of alkyl halides is 1. The molecule has 2 aliphatic rings. The minimum Gasteiger partial charge on any atom is -0.206 e. The molecular formula is C13H18ClNO2S2. The summed E-state index contributed by atoms with van der Waals surface area (Å²) in [4.78, 5) is 0.914. The van der Waals surface area contributed by atoms with E-state index in [0.717, 1.165) is 4.88 Å². The van der Waals surface area contributed by atoms with Gasteiger partial charge in [0.2, 0.25) is 0 Å². The van der Waals surface area contributed by atoms with Crippen molar-refractivity contribution >= 4 is 33.0 Å². The molecule has 2 fully saturated rings. The summed E-state index contributed by atoms with van der Waals surface area (Å²) in [6, 6.07) is 3.51. The molecule has 2 atom stereocenters. The molecule has 0 N–H and O–H groups in total. The molecule has 6 heteroatoms. The summed E-state index contributed by atoms with van der Waals surface area (Å²) in [5.74, 6) is 1.51. The van der Waals surface area contributed by atoms with Crippen LogP contribution in [0.15, 0.2) is 16.3 Å². The fourth-order valence-corrected chi connectivity index (χ4v) is 6.48. The van der Waals surface area contributed by atoms with E-state index in [1.54, 1.807) is 10.4 Å². The van der Waals surface area contributed by atoms with Gasteiger partial charge in [0.1, 0.15) is 4.21 Å². The van der Waals surface area contributed by atoms with Crippen LogP contribution in [0.3, 0.4) is 0 Å². The first-order valence-corrected chi connectivity index (χ1v) is 9.53. The maximum absolute atomic E-state index is 12.6. The maximum Gasteiger partial charge on any atom is 0.252 e.